The number of ether oxygens (including phenoxy) is 2. The first kappa shape index (κ1) is 48.0. The van der Waals surface area contributed by atoms with E-state index < -0.39 is 36.4 Å². The Balaban J connectivity index is 1.07. The van der Waals surface area contributed by atoms with Gasteiger partial charge in [0.05, 0.1) is 26.3 Å². The first-order valence-electron chi connectivity index (χ1n) is 23.3. The lowest BCUT2D eigenvalue weighted by Gasteiger charge is -2.34. The number of methoxy groups -OCH3 is 2. The maximum absolute atomic E-state index is 13.7. The molecule has 3 saturated heterocycles. The smallest absolute Gasteiger partial charge is 0.407 e. The van der Waals surface area contributed by atoms with Gasteiger partial charge in [-0.1, -0.05) is 94.4 Å². The van der Waals surface area contributed by atoms with Gasteiger partial charge in [-0.25, -0.2) is 9.59 Å². The fourth-order valence-electron chi connectivity index (χ4n) is 9.67. The van der Waals surface area contributed by atoms with Gasteiger partial charge in [0.15, 0.2) is 0 Å². The van der Waals surface area contributed by atoms with Crippen molar-refractivity contribution in [1.29, 1.82) is 0 Å². The fraction of sp³-hybridized carbons (Fsp3) is 0.423. The lowest BCUT2D eigenvalue weighted by Crippen LogP contribution is -2.54. The third kappa shape index (κ3) is 11.0. The SMILES string of the molecule is COC(=O)N[C@H](C(=O)N1CCC[C@H]1C(=O)Nc1ccc([C@@H]2CC[C@@H](c3ccc(NC(=O)[C@@H]4CCCN4C(=O)[C@@H](NC(=O)OC)C(C)C)cc3)N2c2ccc(-c3ccccc3)cc2)cc1)C(C)C. The molecule has 4 aromatic rings. The summed E-state index contributed by atoms with van der Waals surface area (Å²) in [6, 6.07) is 31.7. The van der Waals surface area contributed by atoms with Crippen LogP contribution in [0.15, 0.2) is 103 Å². The number of alkyl carbamates (subject to hydrolysis) is 2. The van der Waals surface area contributed by atoms with Gasteiger partial charge in [-0.05, 0) is 109 Å². The van der Waals surface area contributed by atoms with Crippen LogP contribution in [0.4, 0.5) is 26.7 Å². The Kier molecular flexibility index (Phi) is 15.5. The minimum Gasteiger partial charge on any atom is -0.453 e. The minimum atomic E-state index is -0.818. The van der Waals surface area contributed by atoms with E-state index in [0.29, 0.717) is 50.1 Å². The summed E-state index contributed by atoms with van der Waals surface area (Å²) in [4.78, 5) is 84.2. The first-order valence-corrected chi connectivity index (χ1v) is 23.3. The molecule has 0 unspecified atom stereocenters. The van der Waals surface area contributed by atoms with Crippen molar-refractivity contribution in [3.05, 3.63) is 114 Å². The van der Waals surface area contributed by atoms with E-state index in [1.807, 2.05) is 94.4 Å². The summed E-state index contributed by atoms with van der Waals surface area (Å²) in [6.07, 6.45) is 2.71. The van der Waals surface area contributed by atoms with Crippen LogP contribution >= 0.6 is 0 Å². The average Bonchev–Trinajstić information content (AvgIpc) is 4.14. The third-order valence-electron chi connectivity index (χ3n) is 13.2. The molecule has 4 N–H and O–H groups in total. The lowest BCUT2D eigenvalue weighted by molar-refractivity contribution is -0.139. The highest BCUT2D eigenvalue weighted by atomic mass is 16.5. The van der Waals surface area contributed by atoms with Gasteiger partial charge in [-0.2, -0.15) is 0 Å². The van der Waals surface area contributed by atoms with E-state index in [2.05, 4.69) is 62.6 Å². The Labute approximate surface area is 392 Å². The van der Waals surface area contributed by atoms with Gasteiger partial charge in [0.1, 0.15) is 24.2 Å². The van der Waals surface area contributed by atoms with Crippen LogP contribution in [-0.2, 0) is 28.7 Å². The summed E-state index contributed by atoms with van der Waals surface area (Å²) in [5.74, 6) is -1.58. The fourth-order valence-corrected chi connectivity index (χ4v) is 9.67. The Morgan fingerprint density at radius 3 is 1.31 bits per heavy atom. The van der Waals surface area contributed by atoms with Crippen LogP contribution in [-0.4, -0.2) is 97.1 Å². The molecule has 15 nitrogen and oxygen atoms in total. The summed E-state index contributed by atoms with van der Waals surface area (Å²) < 4.78 is 9.50. The summed E-state index contributed by atoms with van der Waals surface area (Å²) in [6.45, 7) is 8.20. The molecule has 0 spiro atoms. The van der Waals surface area contributed by atoms with Gasteiger partial charge >= 0.3 is 12.2 Å². The van der Waals surface area contributed by atoms with Crippen LogP contribution in [0, 0.1) is 11.8 Å². The van der Waals surface area contributed by atoms with Gasteiger partial charge in [-0.15, -0.1) is 0 Å². The molecule has 3 aliphatic rings. The molecule has 6 amide bonds. The van der Waals surface area contributed by atoms with Crippen LogP contribution in [0.25, 0.3) is 11.1 Å². The zero-order valence-electron chi connectivity index (χ0n) is 39.2. The molecule has 0 aliphatic carbocycles. The standard InChI is InChI=1S/C52H63N7O8/c1-32(2)45(55-51(64)66-5)49(62)57-30-10-14-43(57)47(60)53-38-22-16-36(17-23-38)41-28-29-42(59(41)40-26-20-35(21-27-40)34-12-8-7-9-13-34)37-18-24-39(25-19-37)54-48(61)44-15-11-31-58(44)50(63)46(33(3)4)56-52(65)67-6/h7-9,12-13,16-27,32-33,41-46H,10-11,14-15,28-31H2,1-6H3,(H,53,60)(H,54,61)(H,55,64)(H,56,65)/t41-,42-,43-,44-,45-,46-/m0/s1. The Morgan fingerprint density at radius 1 is 0.522 bits per heavy atom. The number of nitrogens with zero attached hydrogens (tertiary/aromatic N) is 3. The van der Waals surface area contributed by atoms with E-state index >= 15 is 0 Å². The molecule has 3 fully saturated rings. The van der Waals surface area contributed by atoms with E-state index in [9.17, 15) is 28.8 Å². The first-order chi connectivity index (χ1) is 32.3. The van der Waals surface area contributed by atoms with Crippen molar-refractivity contribution in [2.75, 3.05) is 42.8 Å². The Bertz CT molecular complexity index is 2250. The van der Waals surface area contributed by atoms with E-state index in [1.54, 1.807) is 9.80 Å². The summed E-state index contributed by atoms with van der Waals surface area (Å²) >= 11 is 0. The molecule has 354 valence electrons. The largest absolute Gasteiger partial charge is 0.453 e. The highest BCUT2D eigenvalue weighted by Crippen LogP contribution is 2.47. The van der Waals surface area contributed by atoms with Gasteiger partial charge in [-0.3, -0.25) is 19.2 Å². The number of amides is 6. The molecule has 6 atom stereocenters. The van der Waals surface area contributed by atoms with E-state index in [-0.39, 0.29) is 47.5 Å². The molecule has 0 radical (unpaired) electrons. The van der Waals surface area contributed by atoms with Crippen molar-refractivity contribution in [3.63, 3.8) is 0 Å². The number of benzene rings is 4. The van der Waals surface area contributed by atoms with Gasteiger partial charge in [0, 0.05) is 30.2 Å². The molecule has 3 aliphatic heterocycles. The van der Waals surface area contributed by atoms with E-state index in [1.165, 1.54) is 14.2 Å². The average molecular weight is 914 g/mol. The predicted molar refractivity (Wildman–Crippen MR) is 257 cm³/mol. The van der Waals surface area contributed by atoms with Gasteiger partial charge in [0.25, 0.3) is 0 Å². The quantitative estimate of drug-likeness (QED) is 0.0974. The predicted octanol–water partition coefficient (Wildman–Crippen LogP) is 8.06. The number of likely N-dealkylation sites (tertiary alicyclic amines) is 2. The molecule has 4 aromatic carbocycles. The number of hydrogen-bond donors (Lipinski definition) is 4. The van der Waals surface area contributed by atoms with Gasteiger partial charge in [0.2, 0.25) is 23.6 Å². The summed E-state index contributed by atoms with van der Waals surface area (Å²) in [7, 11) is 2.50. The zero-order chi connectivity index (χ0) is 47.8. The second-order valence-corrected chi connectivity index (χ2v) is 18.2. The van der Waals surface area contributed by atoms with Crippen LogP contribution in [0.2, 0.25) is 0 Å². The van der Waals surface area contributed by atoms with Gasteiger partial charge < -0.3 is 45.4 Å². The maximum atomic E-state index is 13.7. The van der Waals surface area contributed by atoms with Crippen LogP contribution in [0.1, 0.15) is 89.4 Å². The lowest BCUT2D eigenvalue weighted by atomic mass is 10.0. The summed E-state index contributed by atoms with van der Waals surface area (Å²) in [5, 5.41) is 11.3. The van der Waals surface area contributed by atoms with Crippen LogP contribution < -0.4 is 26.2 Å². The minimum absolute atomic E-state index is 0.00385. The topological polar surface area (TPSA) is 179 Å². The number of carbonyl (C=O) groups excluding carboxylic acids is 6. The van der Waals surface area contributed by atoms with E-state index in [0.717, 1.165) is 40.8 Å². The second kappa shape index (κ2) is 21.6. The van der Waals surface area contributed by atoms with Crippen molar-refractivity contribution in [2.45, 2.75) is 102 Å². The van der Waals surface area contributed by atoms with Crippen LogP contribution in [0.5, 0.6) is 0 Å². The number of carbonyl (C=O) groups is 6. The second-order valence-electron chi connectivity index (χ2n) is 18.2. The monoisotopic (exact) mass is 913 g/mol. The van der Waals surface area contributed by atoms with Crippen molar-refractivity contribution in [1.82, 2.24) is 20.4 Å². The normalized spacial score (nSPS) is 20.0. The molecular formula is C52H63N7O8. The third-order valence-corrected chi connectivity index (χ3v) is 13.2. The zero-order valence-corrected chi connectivity index (χ0v) is 39.2. The number of anilines is 3. The molecule has 67 heavy (non-hydrogen) atoms. The molecule has 15 heteroatoms. The highest BCUT2D eigenvalue weighted by molar-refractivity contribution is 5.99. The van der Waals surface area contributed by atoms with Crippen molar-refractivity contribution < 1.29 is 38.2 Å². The summed E-state index contributed by atoms with van der Waals surface area (Å²) in [5.41, 5.74) is 6.70. The number of hydrogen-bond acceptors (Lipinski definition) is 9. The molecule has 7 rings (SSSR count). The van der Waals surface area contributed by atoms with Crippen molar-refractivity contribution >= 4 is 52.9 Å². The number of nitrogens with one attached hydrogen (secondary N) is 4. The molecule has 0 bridgehead atoms. The van der Waals surface area contributed by atoms with Crippen molar-refractivity contribution in [2.24, 2.45) is 11.8 Å². The molecule has 3 heterocycles. The van der Waals surface area contributed by atoms with Crippen LogP contribution in [0.3, 0.4) is 0 Å². The Hall–Kier alpha value is -6.90. The number of rotatable bonds is 14. The Morgan fingerprint density at radius 2 is 0.925 bits per heavy atom. The van der Waals surface area contributed by atoms with Crippen molar-refractivity contribution in [3.8, 4) is 11.1 Å². The molecular weight excluding hydrogens is 851 g/mol. The maximum Gasteiger partial charge on any atom is 0.407 e. The molecule has 0 aromatic heterocycles. The molecule has 0 saturated carbocycles. The highest BCUT2D eigenvalue weighted by Gasteiger charge is 2.41. The van der Waals surface area contributed by atoms with E-state index in [4.69, 9.17) is 9.47 Å².